The smallest absolute Gasteiger partial charge is 0.257 e. The van der Waals surface area contributed by atoms with Crippen LogP contribution in [0.15, 0.2) is 59.6 Å². The molecule has 0 radical (unpaired) electrons. The molecule has 0 saturated heterocycles. The second-order valence-corrected chi connectivity index (χ2v) is 4.96. The molecule has 0 aliphatic rings. The standard InChI is InChI=1S/C18H21N3O3/c1-23-15-10-8-14(9-11-15)17(22)21-18(19)20-12-5-13-24-16-6-3-2-4-7-16/h2-4,6-11H,5,12-13H2,1H3,(H3,19,20,21,22). The molecule has 0 aliphatic heterocycles. The molecule has 0 unspecified atom stereocenters. The quantitative estimate of drug-likeness (QED) is 0.464. The van der Waals surface area contributed by atoms with Gasteiger partial charge in [-0.25, -0.2) is 0 Å². The van der Waals surface area contributed by atoms with Crippen LogP contribution in [0.3, 0.4) is 0 Å². The van der Waals surface area contributed by atoms with Gasteiger partial charge in [-0.1, -0.05) is 18.2 Å². The van der Waals surface area contributed by atoms with E-state index in [4.69, 9.17) is 15.2 Å². The first-order valence-electron chi connectivity index (χ1n) is 7.62. The van der Waals surface area contributed by atoms with Gasteiger partial charge < -0.3 is 15.2 Å². The zero-order chi connectivity index (χ0) is 17.2. The number of methoxy groups -OCH3 is 1. The van der Waals surface area contributed by atoms with Gasteiger partial charge in [0, 0.05) is 18.5 Å². The maximum Gasteiger partial charge on any atom is 0.257 e. The van der Waals surface area contributed by atoms with Crippen molar-refractivity contribution in [2.24, 2.45) is 10.7 Å². The summed E-state index contributed by atoms with van der Waals surface area (Å²) in [7, 11) is 1.57. The van der Waals surface area contributed by atoms with Crippen LogP contribution in [0.25, 0.3) is 0 Å². The summed E-state index contributed by atoms with van der Waals surface area (Å²) in [4.78, 5) is 16.1. The lowest BCUT2D eigenvalue weighted by molar-refractivity contribution is 0.0976. The Balaban J connectivity index is 1.71. The van der Waals surface area contributed by atoms with Gasteiger partial charge in [-0.3, -0.25) is 15.1 Å². The van der Waals surface area contributed by atoms with Crippen LogP contribution < -0.4 is 20.5 Å². The zero-order valence-electron chi connectivity index (χ0n) is 13.6. The van der Waals surface area contributed by atoms with Gasteiger partial charge in [-0.15, -0.1) is 0 Å². The maximum absolute atomic E-state index is 12.0. The van der Waals surface area contributed by atoms with Gasteiger partial charge in [-0.2, -0.15) is 0 Å². The predicted molar refractivity (Wildman–Crippen MR) is 93.5 cm³/mol. The Morgan fingerprint density at radius 1 is 1.08 bits per heavy atom. The molecule has 6 heteroatoms. The van der Waals surface area contributed by atoms with E-state index in [0.29, 0.717) is 30.9 Å². The first-order valence-corrected chi connectivity index (χ1v) is 7.62. The SMILES string of the molecule is COc1ccc(C(=O)NC(N)=NCCCOc2ccccc2)cc1. The van der Waals surface area contributed by atoms with Crippen molar-refractivity contribution in [2.45, 2.75) is 6.42 Å². The molecule has 0 aliphatic carbocycles. The molecule has 0 bridgehead atoms. The highest BCUT2D eigenvalue weighted by atomic mass is 16.5. The molecular weight excluding hydrogens is 306 g/mol. The number of hydrogen-bond acceptors (Lipinski definition) is 4. The molecule has 0 heterocycles. The normalized spacial score (nSPS) is 11.0. The summed E-state index contributed by atoms with van der Waals surface area (Å²) in [5, 5.41) is 2.55. The van der Waals surface area contributed by atoms with Crippen molar-refractivity contribution >= 4 is 11.9 Å². The van der Waals surface area contributed by atoms with E-state index < -0.39 is 0 Å². The van der Waals surface area contributed by atoms with E-state index in [2.05, 4.69) is 10.3 Å². The Hall–Kier alpha value is -3.02. The van der Waals surface area contributed by atoms with Gasteiger partial charge in [0.25, 0.3) is 5.91 Å². The minimum Gasteiger partial charge on any atom is -0.497 e. The van der Waals surface area contributed by atoms with E-state index in [1.165, 1.54) is 0 Å². The number of carbonyl (C=O) groups excluding carboxylic acids is 1. The third-order valence-corrected chi connectivity index (χ3v) is 3.19. The number of nitrogens with one attached hydrogen (secondary N) is 1. The summed E-state index contributed by atoms with van der Waals surface area (Å²) >= 11 is 0. The molecule has 24 heavy (non-hydrogen) atoms. The molecule has 2 rings (SSSR count). The van der Waals surface area contributed by atoms with Gasteiger partial charge in [0.05, 0.1) is 13.7 Å². The van der Waals surface area contributed by atoms with Crippen LogP contribution in [0.1, 0.15) is 16.8 Å². The van der Waals surface area contributed by atoms with Gasteiger partial charge in [-0.05, 0) is 36.4 Å². The second kappa shape index (κ2) is 9.19. The Labute approximate surface area is 141 Å². The maximum atomic E-state index is 12.0. The average Bonchev–Trinajstić information content (AvgIpc) is 2.62. The number of amides is 1. The summed E-state index contributed by atoms with van der Waals surface area (Å²) in [6.07, 6.45) is 0.702. The van der Waals surface area contributed by atoms with Crippen LogP contribution in [0.5, 0.6) is 11.5 Å². The number of hydrogen-bond donors (Lipinski definition) is 2. The highest BCUT2D eigenvalue weighted by Crippen LogP contribution is 2.11. The number of carbonyl (C=O) groups is 1. The van der Waals surface area contributed by atoms with E-state index in [1.807, 2.05) is 30.3 Å². The van der Waals surface area contributed by atoms with Crippen LogP contribution in [0.2, 0.25) is 0 Å². The van der Waals surface area contributed by atoms with Crippen molar-refractivity contribution in [1.29, 1.82) is 0 Å². The summed E-state index contributed by atoms with van der Waals surface area (Å²) < 4.78 is 10.6. The van der Waals surface area contributed by atoms with Crippen molar-refractivity contribution in [3.8, 4) is 11.5 Å². The number of guanidine groups is 1. The Morgan fingerprint density at radius 2 is 1.79 bits per heavy atom. The van der Waals surface area contributed by atoms with Crippen molar-refractivity contribution in [3.05, 3.63) is 60.2 Å². The number of aliphatic imine (C=N–C) groups is 1. The fourth-order valence-corrected chi connectivity index (χ4v) is 1.94. The van der Waals surface area contributed by atoms with Gasteiger partial charge in [0.1, 0.15) is 11.5 Å². The molecule has 0 saturated carbocycles. The Morgan fingerprint density at radius 3 is 2.46 bits per heavy atom. The number of para-hydroxylation sites is 1. The average molecular weight is 327 g/mol. The largest absolute Gasteiger partial charge is 0.497 e. The lowest BCUT2D eigenvalue weighted by Gasteiger charge is -2.06. The molecule has 3 N–H and O–H groups in total. The van der Waals surface area contributed by atoms with Crippen LogP contribution in [-0.4, -0.2) is 32.1 Å². The predicted octanol–water partition coefficient (Wildman–Crippen LogP) is 2.21. The number of rotatable bonds is 7. The molecule has 0 aromatic heterocycles. The summed E-state index contributed by atoms with van der Waals surface area (Å²) in [6, 6.07) is 16.3. The highest BCUT2D eigenvalue weighted by Gasteiger charge is 2.06. The number of nitrogens with two attached hydrogens (primary N) is 1. The number of ether oxygens (including phenoxy) is 2. The number of benzene rings is 2. The minimum absolute atomic E-state index is 0.0931. The van der Waals surface area contributed by atoms with Crippen molar-refractivity contribution < 1.29 is 14.3 Å². The first kappa shape index (κ1) is 17.3. The molecule has 2 aromatic carbocycles. The lowest BCUT2D eigenvalue weighted by atomic mass is 10.2. The Kier molecular flexibility index (Phi) is 6.64. The van der Waals surface area contributed by atoms with E-state index in [-0.39, 0.29) is 11.9 Å². The molecule has 0 spiro atoms. The van der Waals surface area contributed by atoms with Crippen molar-refractivity contribution in [2.75, 3.05) is 20.3 Å². The molecule has 0 atom stereocenters. The van der Waals surface area contributed by atoms with E-state index >= 15 is 0 Å². The third-order valence-electron chi connectivity index (χ3n) is 3.19. The van der Waals surface area contributed by atoms with Crippen molar-refractivity contribution in [3.63, 3.8) is 0 Å². The van der Waals surface area contributed by atoms with E-state index in [0.717, 1.165) is 5.75 Å². The van der Waals surface area contributed by atoms with Crippen LogP contribution in [-0.2, 0) is 0 Å². The highest BCUT2D eigenvalue weighted by molar-refractivity contribution is 6.05. The van der Waals surface area contributed by atoms with E-state index in [9.17, 15) is 4.79 Å². The fourth-order valence-electron chi connectivity index (χ4n) is 1.94. The third kappa shape index (κ3) is 5.64. The number of nitrogens with zero attached hydrogens (tertiary/aromatic N) is 1. The Bertz CT molecular complexity index is 670. The van der Waals surface area contributed by atoms with Crippen LogP contribution in [0.4, 0.5) is 0 Å². The topological polar surface area (TPSA) is 85.9 Å². The monoisotopic (exact) mass is 327 g/mol. The molecular formula is C18H21N3O3. The molecule has 6 nitrogen and oxygen atoms in total. The molecule has 2 aromatic rings. The van der Waals surface area contributed by atoms with Crippen LogP contribution in [0, 0.1) is 0 Å². The summed E-state index contributed by atoms with van der Waals surface area (Å²) in [6.45, 7) is 1.01. The molecule has 126 valence electrons. The lowest BCUT2D eigenvalue weighted by Crippen LogP contribution is -2.37. The van der Waals surface area contributed by atoms with Gasteiger partial charge >= 0.3 is 0 Å². The minimum atomic E-state index is -0.306. The van der Waals surface area contributed by atoms with E-state index in [1.54, 1.807) is 31.4 Å². The zero-order valence-corrected chi connectivity index (χ0v) is 13.6. The van der Waals surface area contributed by atoms with Crippen molar-refractivity contribution in [1.82, 2.24) is 5.32 Å². The molecule has 0 fully saturated rings. The van der Waals surface area contributed by atoms with Gasteiger partial charge in [0.2, 0.25) is 0 Å². The van der Waals surface area contributed by atoms with Gasteiger partial charge in [0.15, 0.2) is 5.96 Å². The van der Waals surface area contributed by atoms with Crippen LogP contribution >= 0.6 is 0 Å². The molecule has 1 amide bonds. The second-order valence-electron chi connectivity index (χ2n) is 4.96. The first-order chi connectivity index (χ1) is 11.7. The summed E-state index contributed by atoms with van der Waals surface area (Å²) in [5.41, 5.74) is 6.20. The summed E-state index contributed by atoms with van der Waals surface area (Å²) in [5.74, 6) is 1.30. The fraction of sp³-hybridized carbons (Fsp3) is 0.222.